The molecule has 1 aromatic carbocycles. The lowest BCUT2D eigenvalue weighted by Gasteiger charge is -2.09. The van der Waals surface area contributed by atoms with Crippen molar-refractivity contribution in [3.8, 4) is 0 Å². The predicted molar refractivity (Wildman–Crippen MR) is 66.1 cm³/mol. The molecule has 0 radical (unpaired) electrons. The van der Waals surface area contributed by atoms with E-state index in [1.54, 1.807) is 0 Å². The molecule has 0 atom stereocenters. The number of hydrogen-bond donors (Lipinski definition) is 0. The van der Waals surface area contributed by atoms with Crippen LogP contribution in [0.2, 0.25) is 0 Å². The van der Waals surface area contributed by atoms with Crippen molar-refractivity contribution < 1.29 is 18.3 Å². The fourth-order valence-corrected chi connectivity index (χ4v) is 1.77. The summed E-state index contributed by atoms with van der Waals surface area (Å²) in [7, 11) is 0. The molecule has 0 heterocycles. The molecule has 18 heavy (non-hydrogen) atoms. The van der Waals surface area contributed by atoms with Crippen molar-refractivity contribution in [1.82, 2.24) is 0 Å². The van der Waals surface area contributed by atoms with Crippen molar-refractivity contribution >= 4 is 5.78 Å². The molecule has 0 unspecified atom stereocenters. The predicted octanol–water partition coefficient (Wildman–Crippen LogP) is 3.09. The molecule has 0 amide bonds. The van der Waals surface area contributed by atoms with Crippen molar-refractivity contribution in [2.45, 2.75) is 33.1 Å². The van der Waals surface area contributed by atoms with E-state index < -0.39 is 13.0 Å². The van der Waals surface area contributed by atoms with Crippen molar-refractivity contribution in [2.24, 2.45) is 0 Å². The van der Waals surface area contributed by atoms with Crippen LogP contribution in [0, 0.1) is 13.8 Å². The van der Waals surface area contributed by atoms with Crippen LogP contribution in [0.3, 0.4) is 0 Å². The van der Waals surface area contributed by atoms with Gasteiger partial charge in [-0.3, -0.25) is 4.79 Å². The van der Waals surface area contributed by atoms with E-state index in [0.29, 0.717) is 6.42 Å². The van der Waals surface area contributed by atoms with Crippen molar-refractivity contribution in [1.29, 1.82) is 0 Å². The van der Waals surface area contributed by atoms with Gasteiger partial charge in [0.05, 0.1) is 6.61 Å². The van der Waals surface area contributed by atoms with Crippen LogP contribution < -0.4 is 0 Å². The highest BCUT2D eigenvalue weighted by molar-refractivity contribution is 5.81. The molecule has 0 aliphatic heterocycles. The van der Waals surface area contributed by atoms with Gasteiger partial charge in [-0.25, -0.2) is 8.78 Å². The van der Waals surface area contributed by atoms with E-state index in [0.717, 1.165) is 16.7 Å². The normalized spacial score (nSPS) is 10.9. The van der Waals surface area contributed by atoms with Crippen LogP contribution in [0.15, 0.2) is 18.2 Å². The number of benzene rings is 1. The molecule has 0 aliphatic rings. The molecule has 2 nitrogen and oxygen atoms in total. The molecule has 1 aromatic rings. The van der Waals surface area contributed by atoms with Crippen LogP contribution >= 0.6 is 0 Å². The Bertz CT molecular complexity index is 383. The minimum absolute atomic E-state index is 0.0154. The van der Waals surface area contributed by atoms with Gasteiger partial charge in [0.2, 0.25) is 0 Å². The Morgan fingerprint density at radius 3 is 2.44 bits per heavy atom. The first-order chi connectivity index (χ1) is 8.50. The number of carbonyl (C=O) groups is 1. The Hall–Kier alpha value is -1.29. The maximum atomic E-state index is 11.8. The summed E-state index contributed by atoms with van der Waals surface area (Å²) in [6.07, 6.45) is -1.95. The quantitative estimate of drug-likeness (QED) is 0.701. The minimum Gasteiger partial charge on any atom is -0.375 e. The van der Waals surface area contributed by atoms with Gasteiger partial charge in [-0.05, 0) is 30.5 Å². The standard InChI is InChI=1S/C14H18F2O2/c1-10-4-3-5-11(2)13(10)8-12(17)6-7-18-9-14(15)16/h3-5,14H,6-9H2,1-2H3. The average Bonchev–Trinajstić information content (AvgIpc) is 2.29. The molecule has 0 aliphatic carbocycles. The van der Waals surface area contributed by atoms with Crippen molar-refractivity contribution in [3.63, 3.8) is 0 Å². The molecule has 0 fully saturated rings. The Morgan fingerprint density at radius 1 is 1.28 bits per heavy atom. The van der Waals surface area contributed by atoms with Crippen LogP contribution in [0.5, 0.6) is 0 Å². The van der Waals surface area contributed by atoms with Crippen LogP contribution in [0.4, 0.5) is 8.78 Å². The second-order valence-corrected chi connectivity index (χ2v) is 4.30. The summed E-state index contributed by atoms with van der Waals surface area (Å²) < 4.78 is 28.3. The van der Waals surface area contributed by atoms with Gasteiger partial charge in [0.25, 0.3) is 6.43 Å². The second-order valence-electron chi connectivity index (χ2n) is 4.30. The number of ether oxygens (including phenoxy) is 1. The fraction of sp³-hybridized carbons (Fsp3) is 0.500. The minimum atomic E-state index is -2.47. The zero-order chi connectivity index (χ0) is 13.5. The largest absolute Gasteiger partial charge is 0.375 e. The first-order valence-corrected chi connectivity index (χ1v) is 5.93. The topological polar surface area (TPSA) is 26.3 Å². The maximum Gasteiger partial charge on any atom is 0.261 e. The van der Waals surface area contributed by atoms with Crippen LogP contribution in [-0.4, -0.2) is 25.4 Å². The summed E-state index contributed by atoms with van der Waals surface area (Å²) in [5.41, 5.74) is 3.19. The summed E-state index contributed by atoms with van der Waals surface area (Å²) in [5.74, 6) is 0.0154. The highest BCUT2D eigenvalue weighted by Gasteiger charge is 2.09. The zero-order valence-electron chi connectivity index (χ0n) is 10.7. The van der Waals surface area contributed by atoms with Crippen molar-refractivity contribution in [2.75, 3.05) is 13.2 Å². The van der Waals surface area contributed by atoms with E-state index in [-0.39, 0.29) is 18.8 Å². The van der Waals surface area contributed by atoms with E-state index in [9.17, 15) is 13.6 Å². The van der Waals surface area contributed by atoms with Crippen molar-refractivity contribution in [3.05, 3.63) is 34.9 Å². The van der Waals surface area contributed by atoms with Gasteiger partial charge in [0, 0.05) is 12.8 Å². The molecule has 4 heteroatoms. The van der Waals surface area contributed by atoms with E-state index in [4.69, 9.17) is 4.74 Å². The fourth-order valence-electron chi connectivity index (χ4n) is 1.77. The Labute approximate surface area is 106 Å². The van der Waals surface area contributed by atoms with Gasteiger partial charge >= 0.3 is 0 Å². The Kier molecular flexibility index (Phi) is 5.92. The SMILES string of the molecule is Cc1cccc(C)c1CC(=O)CCOCC(F)F. The second kappa shape index (κ2) is 7.21. The third-order valence-corrected chi connectivity index (χ3v) is 2.79. The Balaban J connectivity index is 2.40. The Morgan fingerprint density at radius 2 is 1.89 bits per heavy atom. The lowest BCUT2D eigenvalue weighted by Crippen LogP contribution is -2.11. The van der Waals surface area contributed by atoms with E-state index >= 15 is 0 Å². The first-order valence-electron chi connectivity index (χ1n) is 5.93. The summed E-state index contributed by atoms with van der Waals surface area (Å²) in [4.78, 5) is 11.7. The summed E-state index contributed by atoms with van der Waals surface area (Å²) >= 11 is 0. The van der Waals surface area contributed by atoms with Gasteiger partial charge in [-0.15, -0.1) is 0 Å². The molecular weight excluding hydrogens is 238 g/mol. The number of carbonyl (C=O) groups excluding carboxylic acids is 1. The van der Waals surface area contributed by atoms with E-state index in [1.165, 1.54) is 0 Å². The monoisotopic (exact) mass is 256 g/mol. The summed E-state index contributed by atoms with van der Waals surface area (Å²) in [5, 5.41) is 0. The number of Topliss-reactive ketones (excluding diaryl/α,β-unsaturated/α-hetero) is 1. The van der Waals surface area contributed by atoms with Gasteiger partial charge in [-0.1, -0.05) is 18.2 Å². The van der Waals surface area contributed by atoms with E-state index in [1.807, 2.05) is 32.0 Å². The molecular formula is C14H18F2O2. The molecule has 0 spiro atoms. The van der Waals surface area contributed by atoms with Crippen LogP contribution in [0.25, 0.3) is 0 Å². The van der Waals surface area contributed by atoms with Gasteiger partial charge in [-0.2, -0.15) is 0 Å². The number of hydrogen-bond acceptors (Lipinski definition) is 2. The molecule has 0 saturated carbocycles. The van der Waals surface area contributed by atoms with Crippen LogP contribution in [0.1, 0.15) is 23.1 Å². The highest BCUT2D eigenvalue weighted by Crippen LogP contribution is 2.14. The molecule has 0 saturated heterocycles. The molecule has 0 aromatic heterocycles. The molecule has 0 N–H and O–H groups in total. The number of halogens is 2. The zero-order valence-corrected chi connectivity index (χ0v) is 10.7. The number of ketones is 1. The number of aryl methyl sites for hydroxylation is 2. The third-order valence-electron chi connectivity index (χ3n) is 2.79. The number of rotatable bonds is 7. The number of alkyl halides is 2. The first kappa shape index (κ1) is 14.8. The summed E-state index contributed by atoms with van der Waals surface area (Å²) in [6, 6.07) is 5.87. The third kappa shape index (κ3) is 4.92. The smallest absolute Gasteiger partial charge is 0.261 e. The van der Waals surface area contributed by atoms with Gasteiger partial charge in [0.1, 0.15) is 12.4 Å². The lowest BCUT2D eigenvalue weighted by molar-refractivity contribution is -0.119. The van der Waals surface area contributed by atoms with E-state index in [2.05, 4.69) is 0 Å². The van der Waals surface area contributed by atoms with Gasteiger partial charge in [0.15, 0.2) is 0 Å². The highest BCUT2D eigenvalue weighted by atomic mass is 19.3. The molecule has 0 bridgehead atoms. The average molecular weight is 256 g/mol. The molecule has 1 rings (SSSR count). The lowest BCUT2D eigenvalue weighted by atomic mass is 9.97. The summed E-state index contributed by atoms with van der Waals surface area (Å²) in [6.45, 7) is 3.39. The van der Waals surface area contributed by atoms with Crippen LogP contribution in [-0.2, 0) is 16.0 Å². The molecule has 100 valence electrons. The maximum absolute atomic E-state index is 11.8. The van der Waals surface area contributed by atoms with Gasteiger partial charge < -0.3 is 4.74 Å².